The standard InChI is InChI=1S/C13H18N2O2/c1-3-10-6-4-5-7-11(10)15-9-13(2,8-14)17-12(15)16/h4-7H,3,8-9,14H2,1-2H3. The van der Waals surface area contributed by atoms with E-state index in [2.05, 4.69) is 6.92 Å². The van der Waals surface area contributed by atoms with E-state index < -0.39 is 5.60 Å². The Kier molecular flexibility index (Phi) is 3.07. The summed E-state index contributed by atoms with van der Waals surface area (Å²) in [6.45, 7) is 4.78. The molecule has 1 heterocycles. The number of nitrogens with two attached hydrogens (primary N) is 1. The first-order valence-corrected chi connectivity index (χ1v) is 5.88. The zero-order valence-corrected chi connectivity index (χ0v) is 10.3. The number of cyclic esters (lactones) is 1. The van der Waals surface area contributed by atoms with E-state index in [1.54, 1.807) is 4.90 Å². The molecule has 1 aromatic rings. The largest absolute Gasteiger partial charge is 0.440 e. The minimum Gasteiger partial charge on any atom is -0.440 e. The molecular formula is C13H18N2O2. The first-order chi connectivity index (χ1) is 8.09. The molecule has 0 aliphatic carbocycles. The van der Waals surface area contributed by atoms with Crippen molar-refractivity contribution in [3.05, 3.63) is 29.8 Å². The quantitative estimate of drug-likeness (QED) is 0.869. The average molecular weight is 234 g/mol. The first kappa shape index (κ1) is 11.9. The Morgan fingerprint density at radius 2 is 2.18 bits per heavy atom. The average Bonchev–Trinajstić information content (AvgIpc) is 2.65. The lowest BCUT2D eigenvalue weighted by Crippen LogP contribution is -2.38. The van der Waals surface area contributed by atoms with Crippen LogP contribution in [0.4, 0.5) is 10.5 Å². The van der Waals surface area contributed by atoms with Crippen LogP contribution in [-0.2, 0) is 11.2 Å². The number of carbonyl (C=O) groups is 1. The highest BCUT2D eigenvalue weighted by Gasteiger charge is 2.41. The Hall–Kier alpha value is -1.55. The third kappa shape index (κ3) is 2.13. The maximum atomic E-state index is 11.9. The predicted octanol–water partition coefficient (Wildman–Crippen LogP) is 1.92. The topological polar surface area (TPSA) is 55.6 Å². The van der Waals surface area contributed by atoms with Gasteiger partial charge >= 0.3 is 6.09 Å². The fourth-order valence-corrected chi connectivity index (χ4v) is 2.06. The lowest BCUT2D eigenvalue weighted by molar-refractivity contribution is 0.0789. The molecule has 1 amide bonds. The van der Waals surface area contributed by atoms with E-state index in [-0.39, 0.29) is 6.09 Å². The van der Waals surface area contributed by atoms with Crippen molar-refractivity contribution in [3.8, 4) is 0 Å². The molecule has 1 fully saturated rings. The predicted molar refractivity (Wildman–Crippen MR) is 67.1 cm³/mol. The Morgan fingerprint density at radius 3 is 2.76 bits per heavy atom. The molecule has 0 radical (unpaired) electrons. The molecule has 0 bridgehead atoms. The van der Waals surface area contributed by atoms with Crippen molar-refractivity contribution in [1.82, 2.24) is 0 Å². The van der Waals surface area contributed by atoms with Gasteiger partial charge in [0.05, 0.1) is 12.2 Å². The van der Waals surface area contributed by atoms with E-state index in [1.165, 1.54) is 0 Å². The number of hydrogen-bond donors (Lipinski definition) is 1. The molecule has 1 aromatic carbocycles. The highest BCUT2D eigenvalue weighted by Crippen LogP contribution is 2.29. The Bertz CT molecular complexity index is 433. The minimum absolute atomic E-state index is 0.307. The number of rotatable bonds is 3. The van der Waals surface area contributed by atoms with Gasteiger partial charge in [-0.3, -0.25) is 4.90 Å². The monoisotopic (exact) mass is 234 g/mol. The van der Waals surface area contributed by atoms with Gasteiger partial charge in [-0.05, 0) is 25.0 Å². The van der Waals surface area contributed by atoms with Crippen molar-refractivity contribution >= 4 is 11.8 Å². The maximum Gasteiger partial charge on any atom is 0.415 e. The van der Waals surface area contributed by atoms with Crippen LogP contribution in [0.5, 0.6) is 0 Å². The second kappa shape index (κ2) is 4.37. The molecule has 92 valence electrons. The second-order valence-electron chi connectivity index (χ2n) is 4.59. The van der Waals surface area contributed by atoms with Gasteiger partial charge in [-0.1, -0.05) is 25.1 Å². The second-order valence-corrected chi connectivity index (χ2v) is 4.59. The van der Waals surface area contributed by atoms with Crippen LogP contribution in [-0.4, -0.2) is 24.8 Å². The molecule has 17 heavy (non-hydrogen) atoms. The van der Waals surface area contributed by atoms with Crippen LogP contribution in [0.3, 0.4) is 0 Å². The van der Waals surface area contributed by atoms with Crippen molar-refractivity contribution in [2.45, 2.75) is 25.9 Å². The number of carbonyl (C=O) groups excluding carboxylic acids is 1. The third-order valence-corrected chi connectivity index (χ3v) is 3.14. The molecule has 2 rings (SSSR count). The summed E-state index contributed by atoms with van der Waals surface area (Å²) < 4.78 is 5.33. The molecule has 4 heteroatoms. The van der Waals surface area contributed by atoms with E-state index in [0.29, 0.717) is 13.1 Å². The van der Waals surface area contributed by atoms with Crippen LogP contribution >= 0.6 is 0 Å². The van der Waals surface area contributed by atoms with Gasteiger partial charge in [0.25, 0.3) is 0 Å². The zero-order chi connectivity index (χ0) is 12.5. The number of hydrogen-bond acceptors (Lipinski definition) is 3. The van der Waals surface area contributed by atoms with Gasteiger partial charge in [0.1, 0.15) is 5.60 Å². The summed E-state index contributed by atoms with van der Waals surface area (Å²) in [4.78, 5) is 13.5. The SMILES string of the molecule is CCc1ccccc1N1CC(C)(CN)OC1=O. The Labute approximate surface area is 101 Å². The molecule has 1 aliphatic heterocycles. The van der Waals surface area contributed by atoms with Crippen LogP contribution in [0, 0.1) is 0 Å². The summed E-state index contributed by atoms with van der Waals surface area (Å²) in [7, 11) is 0. The number of ether oxygens (including phenoxy) is 1. The van der Waals surface area contributed by atoms with Crippen molar-refractivity contribution in [1.29, 1.82) is 0 Å². The summed E-state index contributed by atoms with van der Waals surface area (Å²) in [5.74, 6) is 0. The number of benzene rings is 1. The summed E-state index contributed by atoms with van der Waals surface area (Å²) >= 11 is 0. The number of nitrogens with zero attached hydrogens (tertiary/aromatic N) is 1. The van der Waals surface area contributed by atoms with Gasteiger partial charge in [0.15, 0.2) is 0 Å². The van der Waals surface area contributed by atoms with E-state index in [0.717, 1.165) is 17.7 Å². The fraction of sp³-hybridized carbons (Fsp3) is 0.462. The summed E-state index contributed by atoms with van der Waals surface area (Å²) in [5, 5.41) is 0. The van der Waals surface area contributed by atoms with Crippen molar-refractivity contribution < 1.29 is 9.53 Å². The molecule has 0 saturated carbocycles. The molecule has 0 aromatic heterocycles. The van der Waals surface area contributed by atoms with Crippen molar-refractivity contribution in [2.75, 3.05) is 18.0 Å². The molecule has 1 unspecified atom stereocenters. The molecule has 0 spiro atoms. The van der Waals surface area contributed by atoms with Gasteiger partial charge in [0.2, 0.25) is 0 Å². The molecule has 4 nitrogen and oxygen atoms in total. The van der Waals surface area contributed by atoms with Crippen LogP contribution < -0.4 is 10.6 Å². The minimum atomic E-state index is -0.571. The lowest BCUT2D eigenvalue weighted by atomic mass is 10.1. The molecule has 1 atom stereocenters. The van der Waals surface area contributed by atoms with Gasteiger partial charge in [-0.2, -0.15) is 0 Å². The van der Waals surface area contributed by atoms with Crippen molar-refractivity contribution in [3.63, 3.8) is 0 Å². The van der Waals surface area contributed by atoms with Gasteiger partial charge in [-0.25, -0.2) is 4.79 Å². The van der Waals surface area contributed by atoms with E-state index >= 15 is 0 Å². The summed E-state index contributed by atoms with van der Waals surface area (Å²) in [6.07, 6.45) is 0.582. The Morgan fingerprint density at radius 1 is 1.47 bits per heavy atom. The van der Waals surface area contributed by atoms with Crippen LogP contribution in [0.2, 0.25) is 0 Å². The van der Waals surface area contributed by atoms with Crippen LogP contribution in [0.1, 0.15) is 19.4 Å². The molecule has 1 saturated heterocycles. The number of anilines is 1. The normalized spacial score (nSPS) is 23.9. The zero-order valence-electron chi connectivity index (χ0n) is 10.3. The number of aryl methyl sites for hydroxylation is 1. The smallest absolute Gasteiger partial charge is 0.415 e. The van der Waals surface area contributed by atoms with Crippen LogP contribution in [0.25, 0.3) is 0 Å². The third-order valence-electron chi connectivity index (χ3n) is 3.14. The molecular weight excluding hydrogens is 216 g/mol. The fourth-order valence-electron chi connectivity index (χ4n) is 2.06. The summed E-state index contributed by atoms with van der Waals surface area (Å²) in [5.41, 5.74) is 7.14. The van der Waals surface area contributed by atoms with Gasteiger partial charge in [0, 0.05) is 6.54 Å². The summed E-state index contributed by atoms with van der Waals surface area (Å²) in [6, 6.07) is 7.88. The number of para-hydroxylation sites is 1. The van der Waals surface area contributed by atoms with E-state index in [1.807, 2.05) is 31.2 Å². The van der Waals surface area contributed by atoms with Gasteiger partial charge in [-0.15, -0.1) is 0 Å². The Balaban J connectivity index is 2.32. The van der Waals surface area contributed by atoms with Gasteiger partial charge < -0.3 is 10.5 Å². The molecule has 1 aliphatic rings. The molecule has 2 N–H and O–H groups in total. The first-order valence-electron chi connectivity index (χ1n) is 5.88. The maximum absolute atomic E-state index is 11.9. The number of amides is 1. The van der Waals surface area contributed by atoms with E-state index in [9.17, 15) is 4.79 Å². The highest BCUT2D eigenvalue weighted by molar-refractivity contribution is 5.91. The van der Waals surface area contributed by atoms with Crippen LogP contribution in [0.15, 0.2) is 24.3 Å². The lowest BCUT2D eigenvalue weighted by Gasteiger charge is -2.20. The highest BCUT2D eigenvalue weighted by atomic mass is 16.6. The van der Waals surface area contributed by atoms with E-state index in [4.69, 9.17) is 10.5 Å². The van der Waals surface area contributed by atoms with Crippen molar-refractivity contribution in [2.24, 2.45) is 5.73 Å².